The molecule has 2 heterocycles. The predicted molar refractivity (Wildman–Crippen MR) is 62.9 cm³/mol. The topological polar surface area (TPSA) is 67.3 Å². The Morgan fingerprint density at radius 3 is 2.24 bits per heavy atom. The van der Waals surface area contributed by atoms with Gasteiger partial charge in [-0.1, -0.05) is 13.8 Å². The van der Waals surface area contributed by atoms with E-state index in [0.29, 0.717) is 5.13 Å². The van der Waals surface area contributed by atoms with Crippen LogP contribution < -0.4 is 4.90 Å². The summed E-state index contributed by atoms with van der Waals surface area (Å²) < 4.78 is 0. The van der Waals surface area contributed by atoms with Crippen LogP contribution in [0.2, 0.25) is 0 Å². The third-order valence-electron chi connectivity index (χ3n) is 3.01. The molecule has 2 amide bonds. The molecule has 2 unspecified atom stereocenters. The van der Waals surface area contributed by atoms with Gasteiger partial charge in [0.1, 0.15) is 5.69 Å². The van der Waals surface area contributed by atoms with Gasteiger partial charge in [-0.3, -0.25) is 14.4 Å². The molecule has 0 saturated carbocycles. The quantitative estimate of drug-likeness (QED) is 0.590. The summed E-state index contributed by atoms with van der Waals surface area (Å²) >= 11 is 1.14. The molecule has 0 aliphatic carbocycles. The molecule has 1 aromatic rings. The highest BCUT2D eigenvalue weighted by molar-refractivity contribution is 7.14. The van der Waals surface area contributed by atoms with E-state index >= 15 is 0 Å². The molecule has 0 radical (unpaired) electrons. The van der Waals surface area contributed by atoms with Gasteiger partial charge in [-0.2, -0.15) is 0 Å². The lowest BCUT2D eigenvalue weighted by atomic mass is 10.00. The molecule has 2 atom stereocenters. The molecule has 6 heteroatoms. The van der Waals surface area contributed by atoms with E-state index in [2.05, 4.69) is 4.98 Å². The van der Waals surface area contributed by atoms with Gasteiger partial charge in [0.15, 0.2) is 10.9 Å². The Kier molecular flexibility index (Phi) is 2.82. The standard InChI is InChI=1S/C11H12N2O3S/c1-5-6(2)10(16)13(9(5)15)11-12-8(4-17-11)7(3)14/h4-6H,1-3H3. The van der Waals surface area contributed by atoms with E-state index in [1.807, 2.05) is 0 Å². The van der Waals surface area contributed by atoms with Crippen molar-refractivity contribution < 1.29 is 14.4 Å². The number of imide groups is 1. The molecule has 1 saturated heterocycles. The molecule has 90 valence electrons. The van der Waals surface area contributed by atoms with Crippen LogP contribution in [0.15, 0.2) is 5.38 Å². The number of hydrogen-bond donors (Lipinski definition) is 0. The van der Waals surface area contributed by atoms with Crippen molar-refractivity contribution in [1.82, 2.24) is 4.98 Å². The number of carbonyl (C=O) groups excluding carboxylic acids is 3. The number of amides is 2. The van der Waals surface area contributed by atoms with E-state index in [1.165, 1.54) is 6.92 Å². The minimum Gasteiger partial charge on any atom is -0.293 e. The van der Waals surface area contributed by atoms with Crippen molar-refractivity contribution >= 4 is 34.1 Å². The summed E-state index contributed by atoms with van der Waals surface area (Å²) in [5, 5.41) is 1.85. The molecule has 2 rings (SSSR count). The van der Waals surface area contributed by atoms with E-state index in [-0.39, 0.29) is 35.1 Å². The SMILES string of the molecule is CC(=O)c1csc(N2C(=O)C(C)C(C)C2=O)n1. The first-order valence-corrected chi connectivity index (χ1v) is 6.15. The van der Waals surface area contributed by atoms with Crippen LogP contribution >= 0.6 is 11.3 Å². The Bertz CT molecular complexity index is 489. The number of carbonyl (C=O) groups is 3. The second-order valence-electron chi connectivity index (χ2n) is 4.16. The first-order valence-electron chi connectivity index (χ1n) is 5.27. The largest absolute Gasteiger partial charge is 0.293 e. The molecule has 0 bridgehead atoms. The van der Waals surface area contributed by atoms with Gasteiger partial charge in [-0.05, 0) is 0 Å². The Labute approximate surface area is 102 Å². The van der Waals surface area contributed by atoms with Crippen molar-refractivity contribution in [1.29, 1.82) is 0 Å². The van der Waals surface area contributed by atoms with Crippen molar-refractivity contribution in [2.24, 2.45) is 11.8 Å². The molecule has 1 aliphatic heterocycles. The smallest absolute Gasteiger partial charge is 0.239 e. The van der Waals surface area contributed by atoms with Gasteiger partial charge in [-0.15, -0.1) is 11.3 Å². The Morgan fingerprint density at radius 1 is 1.29 bits per heavy atom. The number of ketones is 1. The van der Waals surface area contributed by atoms with Crippen molar-refractivity contribution in [3.8, 4) is 0 Å². The number of aromatic nitrogens is 1. The third-order valence-corrected chi connectivity index (χ3v) is 3.84. The van der Waals surface area contributed by atoms with E-state index in [9.17, 15) is 14.4 Å². The number of thiazole rings is 1. The second-order valence-corrected chi connectivity index (χ2v) is 5.00. The van der Waals surface area contributed by atoms with Gasteiger partial charge < -0.3 is 0 Å². The highest BCUT2D eigenvalue weighted by Gasteiger charge is 2.44. The first kappa shape index (κ1) is 11.9. The lowest BCUT2D eigenvalue weighted by molar-refractivity contribution is -0.122. The number of Topliss-reactive ketones (excluding diaryl/α,β-unsaturated/α-hetero) is 1. The van der Waals surface area contributed by atoms with Crippen LogP contribution in [0.4, 0.5) is 5.13 Å². The zero-order valence-electron chi connectivity index (χ0n) is 9.76. The van der Waals surface area contributed by atoms with Crippen LogP contribution in [-0.4, -0.2) is 22.6 Å². The minimum atomic E-state index is -0.327. The maximum Gasteiger partial charge on any atom is 0.239 e. The lowest BCUT2D eigenvalue weighted by Gasteiger charge is -2.09. The van der Waals surface area contributed by atoms with Gasteiger partial charge in [-0.25, -0.2) is 9.88 Å². The summed E-state index contributed by atoms with van der Waals surface area (Å²) in [6, 6.07) is 0. The molecule has 0 aromatic carbocycles. The number of hydrogen-bond acceptors (Lipinski definition) is 5. The zero-order chi connectivity index (χ0) is 12.7. The van der Waals surface area contributed by atoms with E-state index in [0.717, 1.165) is 16.2 Å². The lowest BCUT2D eigenvalue weighted by Crippen LogP contribution is -2.30. The molecule has 0 spiro atoms. The number of nitrogens with zero attached hydrogens (tertiary/aromatic N) is 2. The summed E-state index contributed by atoms with van der Waals surface area (Å²) in [6.07, 6.45) is 0. The summed E-state index contributed by atoms with van der Waals surface area (Å²) in [6.45, 7) is 4.85. The Morgan fingerprint density at radius 2 is 1.82 bits per heavy atom. The molecular formula is C11H12N2O3S. The first-order chi connectivity index (χ1) is 7.93. The Balaban J connectivity index is 2.37. The second kappa shape index (κ2) is 4.03. The average Bonchev–Trinajstić information content (AvgIpc) is 2.81. The summed E-state index contributed by atoms with van der Waals surface area (Å²) in [4.78, 5) is 40.0. The minimum absolute atomic E-state index is 0.173. The predicted octanol–water partition coefficient (Wildman–Crippen LogP) is 1.49. The summed E-state index contributed by atoms with van der Waals surface area (Å²) in [7, 11) is 0. The number of rotatable bonds is 2. The van der Waals surface area contributed by atoms with Crippen LogP contribution in [0.3, 0.4) is 0 Å². The van der Waals surface area contributed by atoms with Gasteiger partial charge in [0.05, 0.1) is 0 Å². The molecule has 0 N–H and O–H groups in total. The highest BCUT2D eigenvalue weighted by Crippen LogP contribution is 2.32. The van der Waals surface area contributed by atoms with E-state index in [1.54, 1.807) is 19.2 Å². The number of anilines is 1. The molecule has 5 nitrogen and oxygen atoms in total. The summed E-state index contributed by atoms with van der Waals surface area (Å²) in [5.41, 5.74) is 0.290. The fourth-order valence-electron chi connectivity index (χ4n) is 1.66. The van der Waals surface area contributed by atoms with Crippen molar-refractivity contribution in [3.63, 3.8) is 0 Å². The van der Waals surface area contributed by atoms with Gasteiger partial charge >= 0.3 is 0 Å². The van der Waals surface area contributed by atoms with Crippen molar-refractivity contribution in [3.05, 3.63) is 11.1 Å². The van der Waals surface area contributed by atoms with E-state index < -0.39 is 0 Å². The molecule has 1 fully saturated rings. The van der Waals surface area contributed by atoms with Crippen LogP contribution in [0.5, 0.6) is 0 Å². The monoisotopic (exact) mass is 252 g/mol. The van der Waals surface area contributed by atoms with Gasteiger partial charge in [0.2, 0.25) is 11.8 Å². The van der Waals surface area contributed by atoms with Crippen LogP contribution in [-0.2, 0) is 9.59 Å². The molecule has 17 heavy (non-hydrogen) atoms. The van der Waals surface area contributed by atoms with Crippen molar-refractivity contribution in [2.75, 3.05) is 4.90 Å². The molecular weight excluding hydrogens is 240 g/mol. The molecule has 1 aliphatic rings. The fraction of sp³-hybridized carbons (Fsp3) is 0.455. The maximum atomic E-state index is 11.9. The van der Waals surface area contributed by atoms with E-state index in [4.69, 9.17) is 0 Å². The van der Waals surface area contributed by atoms with Crippen LogP contribution in [0, 0.1) is 11.8 Å². The zero-order valence-corrected chi connectivity index (χ0v) is 10.6. The fourth-order valence-corrected chi connectivity index (χ4v) is 2.53. The molecule has 1 aromatic heterocycles. The third kappa shape index (κ3) is 1.78. The van der Waals surface area contributed by atoms with Crippen molar-refractivity contribution in [2.45, 2.75) is 20.8 Å². The normalized spacial score (nSPS) is 24.5. The van der Waals surface area contributed by atoms with Crippen LogP contribution in [0.1, 0.15) is 31.3 Å². The maximum absolute atomic E-state index is 11.9. The van der Waals surface area contributed by atoms with Gasteiger partial charge in [0, 0.05) is 24.1 Å². The van der Waals surface area contributed by atoms with Gasteiger partial charge in [0.25, 0.3) is 0 Å². The average molecular weight is 252 g/mol. The Hall–Kier alpha value is -1.56. The highest BCUT2D eigenvalue weighted by atomic mass is 32.1. The summed E-state index contributed by atoms with van der Waals surface area (Å²) in [5.74, 6) is -1.31. The van der Waals surface area contributed by atoms with Crippen LogP contribution in [0.25, 0.3) is 0 Å².